The molecule has 1 aromatic rings. The highest BCUT2D eigenvalue weighted by Gasteiger charge is 2.22. The summed E-state index contributed by atoms with van der Waals surface area (Å²) in [5.41, 5.74) is 6.75. The third-order valence-corrected chi connectivity index (χ3v) is 4.43. The van der Waals surface area contributed by atoms with Crippen LogP contribution in [0.3, 0.4) is 0 Å². The minimum atomic E-state index is -0.351. The number of halogens is 1. The summed E-state index contributed by atoms with van der Waals surface area (Å²) in [6.07, 6.45) is 3.93. The van der Waals surface area contributed by atoms with Crippen molar-refractivity contribution >= 4 is 23.4 Å². The quantitative estimate of drug-likeness (QED) is 0.770. The standard InChI is InChI=1S/C17H24ClN3O2/c1-11(22)20-16(12-2-4-13(18)5-3-12)10-17(23)21-15-8-6-14(19)7-9-15/h2-5,14-16H,6-10,19H2,1H3,(H,20,22)(H,21,23). The monoisotopic (exact) mass is 337 g/mol. The number of amides is 2. The van der Waals surface area contributed by atoms with Crippen molar-refractivity contribution < 1.29 is 9.59 Å². The lowest BCUT2D eigenvalue weighted by Gasteiger charge is -2.27. The largest absolute Gasteiger partial charge is 0.353 e. The molecule has 126 valence electrons. The van der Waals surface area contributed by atoms with Crippen LogP contribution in [0.2, 0.25) is 5.02 Å². The van der Waals surface area contributed by atoms with Crippen molar-refractivity contribution in [3.05, 3.63) is 34.9 Å². The predicted molar refractivity (Wildman–Crippen MR) is 91.0 cm³/mol. The van der Waals surface area contributed by atoms with E-state index in [1.54, 1.807) is 12.1 Å². The second kappa shape index (κ2) is 8.31. The molecule has 1 saturated carbocycles. The summed E-state index contributed by atoms with van der Waals surface area (Å²) in [6.45, 7) is 1.45. The van der Waals surface area contributed by atoms with Crippen molar-refractivity contribution in [2.45, 2.75) is 57.2 Å². The van der Waals surface area contributed by atoms with Gasteiger partial charge in [-0.3, -0.25) is 9.59 Å². The molecule has 1 atom stereocenters. The molecule has 23 heavy (non-hydrogen) atoms. The fraction of sp³-hybridized carbons (Fsp3) is 0.529. The molecule has 1 aliphatic rings. The van der Waals surface area contributed by atoms with Crippen molar-refractivity contribution in [2.75, 3.05) is 0 Å². The van der Waals surface area contributed by atoms with Crippen LogP contribution < -0.4 is 16.4 Å². The SMILES string of the molecule is CC(=O)NC(CC(=O)NC1CCC(N)CC1)c1ccc(Cl)cc1. The first-order valence-electron chi connectivity index (χ1n) is 8.01. The molecule has 0 radical (unpaired) electrons. The maximum atomic E-state index is 12.3. The first-order chi connectivity index (χ1) is 10.9. The highest BCUT2D eigenvalue weighted by molar-refractivity contribution is 6.30. The van der Waals surface area contributed by atoms with E-state index in [1.165, 1.54) is 6.92 Å². The Hall–Kier alpha value is -1.59. The van der Waals surface area contributed by atoms with Gasteiger partial charge >= 0.3 is 0 Å². The van der Waals surface area contributed by atoms with Crippen LogP contribution in [-0.4, -0.2) is 23.9 Å². The van der Waals surface area contributed by atoms with Crippen molar-refractivity contribution in [2.24, 2.45) is 5.73 Å². The zero-order valence-electron chi connectivity index (χ0n) is 13.3. The fourth-order valence-corrected chi connectivity index (χ4v) is 3.05. The van der Waals surface area contributed by atoms with Crippen molar-refractivity contribution in [3.63, 3.8) is 0 Å². The number of nitrogens with two attached hydrogens (primary N) is 1. The number of benzene rings is 1. The molecule has 0 saturated heterocycles. The Morgan fingerprint density at radius 3 is 2.39 bits per heavy atom. The predicted octanol–water partition coefficient (Wildman–Crippen LogP) is 2.29. The van der Waals surface area contributed by atoms with Crippen LogP contribution in [0.4, 0.5) is 0 Å². The van der Waals surface area contributed by atoms with E-state index in [9.17, 15) is 9.59 Å². The highest BCUT2D eigenvalue weighted by atomic mass is 35.5. The van der Waals surface area contributed by atoms with Crippen LogP contribution >= 0.6 is 11.6 Å². The number of carbonyl (C=O) groups excluding carboxylic acids is 2. The molecule has 0 aliphatic heterocycles. The Balaban J connectivity index is 1.95. The summed E-state index contributed by atoms with van der Waals surface area (Å²) >= 11 is 5.89. The maximum Gasteiger partial charge on any atom is 0.222 e. The lowest BCUT2D eigenvalue weighted by atomic mass is 9.91. The molecular weight excluding hydrogens is 314 g/mol. The van der Waals surface area contributed by atoms with Crippen molar-refractivity contribution in [1.29, 1.82) is 0 Å². The minimum Gasteiger partial charge on any atom is -0.353 e. The zero-order valence-corrected chi connectivity index (χ0v) is 14.1. The number of hydrogen-bond acceptors (Lipinski definition) is 3. The molecule has 2 rings (SSSR count). The van der Waals surface area contributed by atoms with Gasteiger partial charge in [0.1, 0.15) is 0 Å². The molecule has 1 fully saturated rings. The molecule has 0 spiro atoms. The van der Waals surface area contributed by atoms with Gasteiger partial charge in [-0.2, -0.15) is 0 Å². The number of nitrogens with one attached hydrogen (secondary N) is 2. The van der Waals surface area contributed by atoms with E-state index >= 15 is 0 Å². The van der Waals surface area contributed by atoms with Gasteiger partial charge in [0.2, 0.25) is 11.8 Å². The number of hydrogen-bond donors (Lipinski definition) is 3. The molecule has 2 amide bonds. The van der Waals surface area contributed by atoms with Gasteiger partial charge in [-0.1, -0.05) is 23.7 Å². The van der Waals surface area contributed by atoms with E-state index in [-0.39, 0.29) is 36.4 Å². The zero-order chi connectivity index (χ0) is 16.8. The lowest BCUT2D eigenvalue weighted by molar-refractivity contribution is -0.123. The normalized spacial score (nSPS) is 22.2. The summed E-state index contributed by atoms with van der Waals surface area (Å²) < 4.78 is 0. The first-order valence-corrected chi connectivity index (χ1v) is 8.39. The first kappa shape index (κ1) is 17.8. The molecular formula is C17H24ClN3O2. The van der Waals surface area contributed by atoms with Crippen LogP contribution in [0, 0.1) is 0 Å². The topological polar surface area (TPSA) is 84.2 Å². The van der Waals surface area contributed by atoms with Gasteiger partial charge in [-0.15, -0.1) is 0 Å². The third kappa shape index (κ3) is 5.84. The van der Waals surface area contributed by atoms with E-state index in [0.717, 1.165) is 31.2 Å². The van der Waals surface area contributed by atoms with Crippen LogP contribution in [-0.2, 0) is 9.59 Å². The summed E-state index contributed by atoms with van der Waals surface area (Å²) in [7, 11) is 0. The van der Waals surface area contributed by atoms with Crippen molar-refractivity contribution in [1.82, 2.24) is 10.6 Å². The van der Waals surface area contributed by atoms with Crippen LogP contribution in [0.25, 0.3) is 0 Å². The average molecular weight is 338 g/mol. The third-order valence-electron chi connectivity index (χ3n) is 4.18. The van der Waals surface area contributed by atoms with Gasteiger partial charge in [0, 0.05) is 24.0 Å². The molecule has 0 heterocycles. The second-order valence-corrected chi connectivity index (χ2v) is 6.62. The lowest BCUT2D eigenvalue weighted by Crippen LogP contribution is -2.42. The van der Waals surface area contributed by atoms with Gasteiger partial charge in [-0.25, -0.2) is 0 Å². The highest BCUT2D eigenvalue weighted by Crippen LogP contribution is 2.21. The second-order valence-electron chi connectivity index (χ2n) is 6.19. The Kier molecular flexibility index (Phi) is 6.42. The molecule has 6 heteroatoms. The van der Waals surface area contributed by atoms with Gasteiger partial charge in [0.05, 0.1) is 12.5 Å². The van der Waals surface area contributed by atoms with Gasteiger partial charge in [0.25, 0.3) is 0 Å². The minimum absolute atomic E-state index is 0.0563. The Labute approximate surface area is 142 Å². The van der Waals surface area contributed by atoms with E-state index < -0.39 is 0 Å². The van der Waals surface area contributed by atoms with Crippen LogP contribution in [0.15, 0.2) is 24.3 Å². The van der Waals surface area contributed by atoms with Crippen LogP contribution in [0.5, 0.6) is 0 Å². The Morgan fingerprint density at radius 1 is 1.22 bits per heavy atom. The van der Waals surface area contributed by atoms with Gasteiger partial charge < -0.3 is 16.4 Å². The average Bonchev–Trinajstić information content (AvgIpc) is 2.49. The molecule has 1 aliphatic carbocycles. The van der Waals surface area contributed by atoms with E-state index in [2.05, 4.69) is 10.6 Å². The van der Waals surface area contributed by atoms with Crippen LogP contribution in [0.1, 0.15) is 50.6 Å². The summed E-state index contributed by atoms with van der Waals surface area (Å²) in [6, 6.07) is 7.26. The summed E-state index contributed by atoms with van der Waals surface area (Å²) in [4.78, 5) is 23.7. The number of carbonyl (C=O) groups is 2. The smallest absolute Gasteiger partial charge is 0.222 e. The Morgan fingerprint density at radius 2 is 1.83 bits per heavy atom. The molecule has 0 aromatic heterocycles. The summed E-state index contributed by atoms with van der Waals surface area (Å²) in [5.74, 6) is -0.222. The van der Waals surface area contributed by atoms with E-state index in [0.29, 0.717) is 5.02 Å². The molecule has 1 unspecified atom stereocenters. The molecule has 5 nitrogen and oxygen atoms in total. The maximum absolute atomic E-state index is 12.3. The number of rotatable bonds is 5. The van der Waals surface area contributed by atoms with Gasteiger partial charge in [-0.05, 0) is 43.4 Å². The summed E-state index contributed by atoms with van der Waals surface area (Å²) in [5, 5.41) is 6.50. The molecule has 0 bridgehead atoms. The molecule has 1 aromatic carbocycles. The van der Waals surface area contributed by atoms with E-state index in [4.69, 9.17) is 17.3 Å². The Bertz CT molecular complexity index is 539. The fourth-order valence-electron chi connectivity index (χ4n) is 2.93. The van der Waals surface area contributed by atoms with E-state index in [1.807, 2.05) is 12.1 Å². The van der Waals surface area contributed by atoms with Crippen molar-refractivity contribution in [3.8, 4) is 0 Å². The van der Waals surface area contributed by atoms with Gasteiger partial charge in [0.15, 0.2) is 0 Å². The molecule has 4 N–H and O–H groups in total.